The van der Waals surface area contributed by atoms with Gasteiger partial charge in [-0.1, -0.05) is 0 Å². The summed E-state index contributed by atoms with van der Waals surface area (Å²) in [6, 6.07) is 6.95. The number of ether oxygens (including phenoxy) is 1. The van der Waals surface area contributed by atoms with E-state index < -0.39 is 0 Å². The van der Waals surface area contributed by atoms with Gasteiger partial charge in [-0.15, -0.1) is 0 Å². The molecule has 1 N–H and O–H groups in total. The van der Waals surface area contributed by atoms with Crippen LogP contribution >= 0.6 is 0 Å². The summed E-state index contributed by atoms with van der Waals surface area (Å²) in [5.41, 5.74) is 0.963. The minimum absolute atomic E-state index is 0.198. The van der Waals surface area contributed by atoms with Gasteiger partial charge in [0, 0.05) is 31.4 Å². The van der Waals surface area contributed by atoms with Crippen LogP contribution in [0.5, 0.6) is 0 Å². The number of benzene rings is 1. The van der Waals surface area contributed by atoms with E-state index in [-0.39, 0.29) is 5.82 Å². The predicted molar refractivity (Wildman–Crippen MR) is 71.3 cm³/mol. The molecule has 2 atom stereocenters. The molecule has 2 rings (SSSR count). The maximum absolute atomic E-state index is 12.7. The molecular formula is C14H21FN2O. The lowest BCUT2D eigenvalue weighted by Gasteiger charge is -2.36. The van der Waals surface area contributed by atoms with Crippen molar-refractivity contribution < 1.29 is 9.13 Å². The molecule has 100 valence electrons. The molecule has 0 amide bonds. The molecule has 4 heteroatoms. The predicted octanol–water partition coefficient (Wildman–Crippen LogP) is 2.35. The number of anilines is 1. The maximum atomic E-state index is 12.7. The largest absolute Gasteiger partial charge is 0.384 e. The Labute approximate surface area is 108 Å². The van der Waals surface area contributed by atoms with E-state index in [2.05, 4.69) is 24.1 Å². The molecule has 2 unspecified atom stereocenters. The quantitative estimate of drug-likeness (QED) is 0.890. The molecule has 1 aliphatic heterocycles. The third-order valence-corrected chi connectivity index (χ3v) is 3.31. The second-order valence-corrected chi connectivity index (χ2v) is 4.92. The number of hydrogen-bond donors (Lipinski definition) is 1. The molecule has 0 saturated carbocycles. The fraction of sp³-hybridized carbons (Fsp3) is 0.571. The summed E-state index contributed by atoms with van der Waals surface area (Å²) in [6.45, 7) is 7.91. The first kappa shape index (κ1) is 13.3. The number of rotatable bonds is 4. The van der Waals surface area contributed by atoms with E-state index in [1.807, 2.05) is 0 Å². The van der Waals surface area contributed by atoms with Crippen LogP contribution in [0.2, 0.25) is 0 Å². The molecule has 1 heterocycles. The highest BCUT2D eigenvalue weighted by atomic mass is 19.1. The molecule has 1 aromatic carbocycles. The van der Waals surface area contributed by atoms with Crippen molar-refractivity contribution in [2.75, 3.05) is 31.6 Å². The first-order chi connectivity index (χ1) is 8.65. The zero-order valence-electron chi connectivity index (χ0n) is 11.0. The van der Waals surface area contributed by atoms with E-state index in [1.54, 1.807) is 12.1 Å². The van der Waals surface area contributed by atoms with E-state index in [0.717, 1.165) is 31.9 Å². The Morgan fingerprint density at radius 1 is 1.33 bits per heavy atom. The van der Waals surface area contributed by atoms with Gasteiger partial charge in [0.25, 0.3) is 0 Å². The molecular weight excluding hydrogens is 231 g/mol. The topological polar surface area (TPSA) is 24.5 Å². The Morgan fingerprint density at radius 2 is 2.06 bits per heavy atom. The molecule has 1 aromatic rings. The summed E-state index contributed by atoms with van der Waals surface area (Å²) >= 11 is 0. The third kappa shape index (κ3) is 3.68. The molecule has 0 aliphatic carbocycles. The molecule has 0 aromatic heterocycles. The summed E-state index contributed by atoms with van der Waals surface area (Å²) in [7, 11) is 0. The lowest BCUT2D eigenvalue weighted by molar-refractivity contribution is -0.0476. The van der Waals surface area contributed by atoms with Crippen LogP contribution in [-0.4, -0.2) is 43.3 Å². The Morgan fingerprint density at radius 3 is 2.78 bits per heavy atom. The van der Waals surface area contributed by atoms with Gasteiger partial charge < -0.3 is 10.1 Å². The molecule has 3 nitrogen and oxygen atoms in total. The van der Waals surface area contributed by atoms with Crippen molar-refractivity contribution in [1.29, 1.82) is 0 Å². The van der Waals surface area contributed by atoms with Crippen molar-refractivity contribution in [3.8, 4) is 0 Å². The lowest BCUT2D eigenvalue weighted by atomic mass is 10.2. The van der Waals surface area contributed by atoms with E-state index in [4.69, 9.17) is 4.74 Å². The molecule has 0 bridgehead atoms. The minimum atomic E-state index is -0.198. The van der Waals surface area contributed by atoms with Gasteiger partial charge in [-0.05, 0) is 38.1 Å². The summed E-state index contributed by atoms with van der Waals surface area (Å²) in [5, 5.41) is 3.31. The normalized spacial score (nSPS) is 25.1. The second kappa shape index (κ2) is 6.16. The van der Waals surface area contributed by atoms with Crippen LogP contribution in [0.1, 0.15) is 13.8 Å². The zero-order valence-corrected chi connectivity index (χ0v) is 11.0. The maximum Gasteiger partial charge on any atom is 0.123 e. The van der Waals surface area contributed by atoms with Crippen molar-refractivity contribution in [2.24, 2.45) is 0 Å². The van der Waals surface area contributed by atoms with Gasteiger partial charge in [0.05, 0.1) is 12.7 Å². The summed E-state index contributed by atoms with van der Waals surface area (Å²) < 4.78 is 18.3. The van der Waals surface area contributed by atoms with E-state index >= 15 is 0 Å². The average molecular weight is 252 g/mol. The van der Waals surface area contributed by atoms with Crippen LogP contribution in [0.3, 0.4) is 0 Å². The fourth-order valence-corrected chi connectivity index (χ4v) is 2.20. The Hall–Kier alpha value is -1.13. The molecule has 1 fully saturated rings. The van der Waals surface area contributed by atoms with Gasteiger partial charge in [-0.3, -0.25) is 4.90 Å². The van der Waals surface area contributed by atoms with Crippen LogP contribution in [0.4, 0.5) is 10.1 Å². The first-order valence-corrected chi connectivity index (χ1v) is 6.50. The molecule has 1 saturated heterocycles. The number of morpholine rings is 1. The smallest absolute Gasteiger partial charge is 0.123 e. The van der Waals surface area contributed by atoms with Crippen LogP contribution in [0.15, 0.2) is 24.3 Å². The monoisotopic (exact) mass is 252 g/mol. The van der Waals surface area contributed by atoms with Crippen LogP contribution < -0.4 is 5.32 Å². The van der Waals surface area contributed by atoms with E-state index in [9.17, 15) is 4.39 Å². The number of halogens is 1. The van der Waals surface area contributed by atoms with Gasteiger partial charge in [-0.2, -0.15) is 0 Å². The first-order valence-electron chi connectivity index (χ1n) is 6.50. The third-order valence-electron chi connectivity index (χ3n) is 3.31. The molecule has 0 radical (unpaired) electrons. The van der Waals surface area contributed by atoms with Gasteiger partial charge in [0.1, 0.15) is 5.82 Å². The second-order valence-electron chi connectivity index (χ2n) is 4.92. The van der Waals surface area contributed by atoms with Crippen molar-refractivity contribution >= 4 is 5.69 Å². The number of hydrogen-bond acceptors (Lipinski definition) is 3. The van der Waals surface area contributed by atoms with Gasteiger partial charge in [0.2, 0.25) is 0 Å². The SMILES string of the molecule is CC1CN(CCNc2ccc(F)cc2)C(C)CO1. The Bertz CT molecular complexity index is 369. The molecule has 18 heavy (non-hydrogen) atoms. The average Bonchev–Trinajstić information content (AvgIpc) is 2.36. The highest BCUT2D eigenvalue weighted by Crippen LogP contribution is 2.11. The van der Waals surface area contributed by atoms with Crippen molar-refractivity contribution in [3.63, 3.8) is 0 Å². The van der Waals surface area contributed by atoms with Crippen molar-refractivity contribution in [2.45, 2.75) is 26.0 Å². The Balaban J connectivity index is 1.76. The van der Waals surface area contributed by atoms with E-state index in [0.29, 0.717) is 12.1 Å². The van der Waals surface area contributed by atoms with Crippen molar-refractivity contribution in [1.82, 2.24) is 4.90 Å². The minimum Gasteiger partial charge on any atom is -0.384 e. The van der Waals surface area contributed by atoms with Crippen LogP contribution in [0, 0.1) is 5.82 Å². The summed E-state index contributed by atoms with van der Waals surface area (Å²) in [4.78, 5) is 2.42. The highest BCUT2D eigenvalue weighted by molar-refractivity contribution is 5.42. The lowest BCUT2D eigenvalue weighted by Crippen LogP contribution is -2.48. The van der Waals surface area contributed by atoms with Crippen molar-refractivity contribution in [3.05, 3.63) is 30.1 Å². The van der Waals surface area contributed by atoms with Crippen LogP contribution in [-0.2, 0) is 4.74 Å². The standard InChI is InChI=1S/C14H21FN2O/c1-11-10-18-12(2)9-17(11)8-7-16-14-5-3-13(15)4-6-14/h3-6,11-12,16H,7-10H2,1-2H3. The van der Waals surface area contributed by atoms with Gasteiger partial charge in [0.15, 0.2) is 0 Å². The van der Waals surface area contributed by atoms with Gasteiger partial charge >= 0.3 is 0 Å². The fourth-order valence-electron chi connectivity index (χ4n) is 2.20. The summed E-state index contributed by atoms with van der Waals surface area (Å²) in [6.07, 6.45) is 0.312. The summed E-state index contributed by atoms with van der Waals surface area (Å²) in [5.74, 6) is -0.198. The molecule has 1 aliphatic rings. The van der Waals surface area contributed by atoms with E-state index in [1.165, 1.54) is 12.1 Å². The van der Waals surface area contributed by atoms with Gasteiger partial charge in [-0.25, -0.2) is 4.39 Å². The molecule has 0 spiro atoms. The zero-order chi connectivity index (χ0) is 13.0. The number of nitrogens with one attached hydrogen (secondary N) is 1. The van der Waals surface area contributed by atoms with Crippen LogP contribution in [0.25, 0.3) is 0 Å². The highest BCUT2D eigenvalue weighted by Gasteiger charge is 2.22. The Kier molecular flexibility index (Phi) is 4.55. The number of nitrogens with zero attached hydrogens (tertiary/aromatic N) is 1.